The van der Waals surface area contributed by atoms with E-state index in [2.05, 4.69) is 12.2 Å². The average molecular weight is 245 g/mol. The summed E-state index contributed by atoms with van der Waals surface area (Å²) in [5.74, 6) is 0.120. The molecule has 90 valence electrons. The molecule has 2 nitrogen and oxygen atoms in total. The summed E-state index contributed by atoms with van der Waals surface area (Å²) in [5, 5.41) is 3.46. The number of halogens is 2. The lowest BCUT2D eigenvalue weighted by atomic mass is 10.1. The van der Waals surface area contributed by atoms with Crippen molar-refractivity contribution in [3.8, 4) is 0 Å². The minimum atomic E-state index is -0.376. The third kappa shape index (κ3) is 4.08. The Balaban J connectivity index is 2.40. The van der Waals surface area contributed by atoms with Crippen molar-refractivity contribution in [2.75, 3.05) is 13.1 Å². The number of rotatable bonds is 6. The smallest absolute Gasteiger partial charge is 0.141 e. The molecule has 0 saturated carbocycles. The fourth-order valence-electron chi connectivity index (χ4n) is 1.46. The number of hydrogen-bond acceptors (Lipinski definition) is 2. The van der Waals surface area contributed by atoms with Crippen LogP contribution in [-0.2, 0) is 6.54 Å². The van der Waals surface area contributed by atoms with Gasteiger partial charge in [-0.15, -0.1) is 0 Å². The predicted octanol–water partition coefficient (Wildman–Crippen LogP) is 2.55. The van der Waals surface area contributed by atoms with Gasteiger partial charge in [0, 0.05) is 6.54 Å². The van der Waals surface area contributed by atoms with E-state index in [1.165, 1.54) is 6.07 Å². The van der Waals surface area contributed by atoms with Gasteiger partial charge in [-0.05, 0) is 36.7 Å². The standard InChI is InChI=1S/C12H18ClFN2/c1-2-9(6-15)7-16-8-10-3-4-12(14)11(13)5-10/h3-5,9,16H,2,6-8,15H2,1H3. The van der Waals surface area contributed by atoms with E-state index in [1.54, 1.807) is 12.1 Å². The molecule has 0 spiro atoms. The monoisotopic (exact) mass is 244 g/mol. The molecule has 1 aromatic carbocycles. The quantitative estimate of drug-likeness (QED) is 0.807. The first kappa shape index (κ1) is 13.4. The van der Waals surface area contributed by atoms with E-state index in [1.807, 2.05) is 0 Å². The normalized spacial score (nSPS) is 12.8. The van der Waals surface area contributed by atoms with E-state index in [-0.39, 0.29) is 10.8 Å². The topological polar surface area (TPSA) is 38.0 Å². The lowest BCUT2D eigenvalue weighted by Crippen LogP contribution is -2.27. The Morgan fingerprint density at radius 1 is 1.50 bits per heavy atom. The number of benzene rings is 1. The Hall–Kier alpha value is -0.640. The zero-order chi connectivity index (χ0) is 12.0. The Kier molecular flexibility index (Phi) is 5.74. The van der Waals surface area contributed by atoms with Gasteiger partial charge in [0.2, 0.25) is 0 Å². The van der Waals surface area contributed by atoms with Crippen molar-refractivity contribution in [1.29, 1.82) is 0 Å². The van der Waals surface area contributed by atoms with Gasteiger partial charge >= 0.3 is 0 Å². The average Bonchev–Trinajstić information content (AvgIpc) is 2.29. The van der Waals surface area contributed by atoms with Gasteiger partial charge in [-0.3, -0.25) is 0 Å². The molecule has 16 heavy (non-hydrogen) atoms. The number of nitrogens with two attached hydrogens (primary N) is 1. The Bertz CT molecular complexity index is 327. The van der Waals surface area contributed by atoms with Crippen LogP contribution in [0.2, 0.25) is 5.02 Å². The molecule has 0 heterocycles. The molecule has 0 aliphatic carbocycles. The zero-order valence-corrected chi connectivity index (χ0v) is 10.2. The van der Waals surface area contributed by atoms with Gasteiger partial charge in [0.25, 0.3) is 0 Å². The summed E-state index contributed by atoms with van der Waals surface area (Å²) in [6.45, 7) is 4.38. The second kappa shape index (κ2) is 6.84. The first-order chi connectivity index (χ1) is 7.67. The van der Waals surface area contributed by atoms with Crippen molar-refractivity contribution in [2.24, 2.45) is 11.7 Å². The van der Waals surface area contributed by atoms with Crippen LogP contribution in [-0.4, -0.2) is 13.1 Å². The highest BCUT2D eigenvalue weighted by atomic mass is 35.5. The van der Waals surface area contributed by atoms with Crippen molar-refractivity contribution in [1.82, 2.24) is 5.32 Å². The molecule has 0 radical (unpaired) electrons. The molecule has 0 amide bonds. The van der Waals surface area contributed by atoms with Crippen LogP contribution in [0.4, 0.5) is 4.39 Å². The molecule has 1 unspecified atom stereocenters. The molecule has 4 heteroatoms. The van der Waals surface area contributed by atoms with Crippen molar-refractivity contribution >= 4 is 11.6 Å². The van der Waals surface area contributed by atoms with Crippen molar-refractivity contribution in [2.45, 2.75) is 19.9 Å². The van der Waals surface area contributed by atoms with E-state index >= 15 is 0 Å². The molecule has 0 saturated heterocycles. The maximum atomic E-state index is 12.9. The molecule has 1 rings (SSSR count). The molecule has 1 atom stereocenters. The summed E-state index contributed by atoms with van der Waals surface area (Å²) in [6.07, 6.45) is 1.06. The highest BCUT2D eigenvalue weighted by Crippen LogP contribution is 2.15. The lowest BCUT2D eigenvalue weighted by Gasteiger charge is -2.13. The van der Waals surface area contributed by atoms with Crippen molar-refractivity contribution < 1.29 is 4.39 Å². The molecule has 0 aliphatic heterocycles. The van der Waals surface area contributed by atoms with E-state index in [4.69, 9.17) is 17.3 Å². The second-order valence-corrected chi connectivity index (χ2v) is 4.30. The van der Waals surface area contributed by atoms with Gasteiger partial charge in [0.1, 0.15) is 5.82 Å². The molecule has 0 aliphatic rings. The molecule has 0 fully saturated rings. The highest BCUT2D eigenvalue weighted by molar-refractivity contribution is 6.30. The van der Waals surface area contributed by atoms with Gasteiger partial charge in [-0.25, -0.2) is 4.39 Å². The summed E-state index contributed by atoms with van der Waals surface area (Å²) in [4.78, 5) is 0. The van der Waals surface area contributed by atoms with Gasteiger partial charge < -0.3 is 11.1 Å². The van der Waals surface area contributed by atoms with Crippen LogP contribution >= 0.6 is 11.6 Å². The van der Waals surface area contributed by atoms with Crippen LogP contribution in [0.15, 0.2) is 18.2 Å². The van der Waals surface area contributed by atoms with Crippen LogP contribution in [0.3, 0.4) is 0 Å². The second-order valence-electron chi connectivity index (χ2n) is 3.89. The number of hydrogen-bond donors (Lipinski definition) is 2. The summed E-state index contributed by atoms with van der Waals surface area (Å²) >= 11 is 5.69. The minimum Gasteiger partial charge on any atom is -0.330 e. The molecule has 3 N–H and O–H groups in total. The molecular weight excluding hydrogens is 227 g/mol. The Labute approximate surface area is 101 Å². The van der Waals surface area contributed by atoms with Crippen LogP contribution in [0.5, 0.6) is 0 Å². The first-order valence-corrected chi connectivity index (χ1v) is 5.89. The van der Waals surface area contributed by atoms with Crippen LogP contribution in [0, 0.1) is 11.7 Å². The van der Waals surface area contributed by atoms with Gasteiger partial charge in [-0.1, -0.05) is 31.0 Å². The summed E-state index contributed by atoms with van der Waals surface area (Å²) in [5.41, 5.74) is 6.58. The maximum absolute atomic E-state index is 12.9. The highest BCUT2D eigenvalue weighted by Gasteiger charge is 2.04. The third-order valence-corrected chi connectivity index (χ3v) is 2.95. The molecule has 0 aromatic heterocycles. The largest absolute Gasteiger partial charge is 0.330 e. The fraction of sp³-hybridized carbons (Fsp3) is 0.500. The maximum Gasteiger partial charge on any atom is 0.141 e. The molecular formula is C12H18ClFN2. The predicted molar refractivity (Wildman–Crippen MR) is 66.0 cm³/mol. The van der Waals surface area contributed by atoms with Gasteiger partial charge in [-0.2, -0.15) is 0 Å². The van der Waals surface area contributed by atoms with Gasteiger partial charge in [0.05, 0.1) is 5.02 Å². The van der Waals surface area contributed by atoms with Crippen LogP contribution < -0.4 is 11.1 Å². The first-order valence-electron chi connectivity index (χ1n) is 5.52. The van der Waals surface area contributed by atoms with Crippen LogP contribution in [0.25, 0.3) is 0 Å². The minimum absolute atomic E-state index is 0.171. The van der Waals surface area contributed by atoms with E-state index < -0.39 is 0 Å². The fourth-order valence-corrected chi connectivity index (χ4v) is 1.67. The van der Waals surface area contributed by atoms with E-state index in [0.717, 1.165) is 18.5 Å². The summed E-state index contributed by atoms with van der Waals surface area (Å²) in [7, 11) is 0. The lowest BCUT2D eigenvalue weighted by molar-refractivity contribution is 0.471. The third-order valence-electron chi connectivity index (χ3n) is 2.66. The van der Waals surface area contributed by atoms with E-state index in [9.17, 15) is 4.39 Å². The van der Waals surface area contributed by atoms with Crippen molar-refractivity contribution in [3.63, 3.8) is 0 Å². The Morgan fingerprint density at radius 2 is 2.25 bits per heavy atom. The van der Waals surface area contributed by atoms with Crippen molar-refractivity contribution in [3.05, 3.63) is 34.6 Å². The number of nitrogens with one attached hydrogen (secondary N) is 1. The summed E-state index contributed by atoms with van der Waals surface area (Å²) < 4.78 is 12.9. The molecule has 0 bridgehead atoms. The van der Waals surface area contributed by atoms with Crippen LogP contribution in [0.1, 0.15) is 18.9 Å². The van der Waals surface area contributed by atoms with E-state index in [0.29, 0.717) is 19.0 Å². The molecule has 1 aromatic rings. The SMILES string of the molecule is CCC(CN)CNCc1ccc(F)c(Cl)c1. The van der Waals surface area contributed by atoms with Gasteiger partial charge in [0.15, 0.2) is 0 Å². The zero-order valence-electron chi connectivity index (χ0n) is 9.47. The Morgan fingerprint density at radius 3 is 2.81 bits per heavy atom. The summed E-state index contributed by atoms with van der Waals surface area (Å²) in [6, 6.07) is 4.77.